The highest BCUT2D eigenvalue weighted by atomic mass is 16.7. The molecule has 186 valence electrons. The van der Waals surface area contributed by atoms with Crippen LogP contribution in [-0.4, -0.2) is 44.2 Å². The second-order valence-corrected chi connectivity index (χ2v) is 9.27. The van der Waals surface area contributed by atoms with Gasteiger partial charge in [0.25, 0.3) is 0 Å². The van der Waals surface area contributed by atoms with Crippen LogP contribution in [0, 0.1) is 0 Å². The monoisotopic (exact) mass is 468 g/mol. The first-order valence-corrected chi connectivity index (χ1v) is 13.1. The van der Waals surface area contributed by atoms with Crippen molar-refractivity contribution in [3.8, 4) is 0 Å². The van der Waals surface area contributed by atoms with Crippen LogP contribution >= 0.6 is 0 Å². The van der Waals surface area contributed by atoms with E-state index in [1.54, 1.807) is 0 Å². The predicted molar refractivity (Wildman–Crippen MR) is 133 cm³/mol. The van der Waals surface area contributed by atoms with Crippen molar-refractivity contribution in [3.63, 3.8) is 0 Å². The summed E-state index contributed by atoms with van der Waals surface area (Å²) in [5, 5.41) is 0. The van der Waals surface area contributed by atoms with E-state index in [0.717, 1.165) is 49.7 Å². The van der Waals surface area contributed by atoms with Crippen LogP contribution in [0.1, 0.15) is 75.9 Å². The van der Waals surface area contributed by atoms with Crippen molar-refractivity contribution in [1.82, 2.24) is 0 Å². The molecule has 0 amide bonds. The van der Waals surface area contributed by atoms with Crippen molar-refractivity contribution in [2.75, 3.05) is 19.8 Å². The summed E-state index contributed by atoms with van der Waals surface area (Å²) >= 11 is 0. The van der Waals surface area contributed by atoms with Crippen molar-refractivity contribution in [3.05, 3.63) is 71.8 Å². The molecule has 5 heteroatoms. The maximum atomic E-state index is 6.63. The molecule has 0 unspecified atom stereocenters. The van der Waals surface area contributed by atoms with Gasteiger partial charge in [0.1, 0.15) is 30.5 Å². The summed E-state index contributed by atoms with van der Waals surface area (Å²) in [4.78, 5) is 0. The number of unbranched alkanes of at least 4 members (excludes halogenated alkanes) is 4. The van der Waals surface area contributed by atoms with Crippen LogP contribution in [0.2, 0.25) is 0 Å². The fraction of sp³-hybridized carbons (Fsp3) is 0.586. The van der Waals surface area contributed by atoms with Crippen molar-refractivity contribution in [2.24, 2.45) is 0 Å². The summed E-state index contributed by atoms with van der Waals surface area (Å²) in [5.74, 6) is 0. The average molecular weight is 469 g/mol. The molecule has 34 heavy (non-hydrogen) atoms. The molecule has 0 bridgehead atoms. The van der Waals surface area contributed by atoms with Crippen LogP contribution in [0.4, 0.5) is 0 Å². The lowest BCUT2D eigenvalue weighted by Crippen LogP contribution is -2.60. The molecule has 0 saturated carbocycles. The Morgan fingerprint density at radius 1 is 0.706 bits per heavy atom. The van der Waals surface area contributed by atoms with E-state index < -0.39 is 6.29 Å². The van der Waals surface area contributed by atoms with Gasteiger partial charge < -0.3 is 23.7 Å². The molecule has 0 spiro atoms. The molecule has 0 radical (unpaired) electrons. The molecule has 2 aliphatic rings. The van der Waals surface area contributed by atoms with Gasteiger partial charge in [-0.3, -0.25) is 0 Å². The van der Waals surface area contributed by atoms with Gasteiger partial charge in [0.15, 0.2) is 6.29 Å². The second kappa shape index (κ2) is 13.4. The van der Waals surface area contributed by atoms with Gasteiger partial charge in [-0.25, -0.2) is 0 Å². The predicted octanol–water partition coefficient (Wildman–Crippen LogP) is 6.39. The standard InChI is InChI=1S/C29H40O5/c1-3-5-13-19-30-27-25(22-15-9-7-10-16-22)33-24-21-32-29(23-17-11-8-12-18-23)34-26(24)28(27)31-20-14-6-4-2/h7-12,15-18,24-29H,3-6,13-14,19-21H2,1-2H3/t24-,25+,26-,27+,28+,29-/m1/s1. The van der Waals surface area contributed by atoms with E-state index in [-0.39, 0.29) is 30.5 Å². The van der Waals surface area contributed by atoms with E-state index in [9.17, 15) is 0 Å². The zero-order valence-corrected chi connectivity index (χ0v) is 20.6. The van der Waals surface area contributed by atoms with Gasteiger partial charge in [-0.15, -0.1) is 0 Å². The molecule has 0 N–H and O–H groups in total. The normalized spacial score (nSPS) is 29.0. The summed E-state index contributed by atoms with van der Waals surface area (Å²) in [6.45, 7) is 6.27. The number of fused-ring (bicyclic) bond motifs is 1. The molecular formula is C29H40O5. The van der Waals surface area contributed by atoms with Crippen molar-refractivity contribution < 1.29 is 23.7 Å². The van der Waals surface area contributed by atoms with Gasteiger partial charge in [0.2, 0.25) is 0 Å². The lowest BCUT2D eigenvalue weighted by molar-refractivity contribution is -0.339. The summed E-state index contributed by atoms with van der Waals surface area (Å²) < 4.78 is 32.4. The Morgan fingerprint density at radius 2 is 1.29 bits per heavy atom. The van der Waals surface area contributed by atoms with Crippen molar-refractivity contribution in [1.29, 1.82) is 0 Å². The molecule has 2 aromatic carbocycles. The maximum Gasteiger partial charge on any atom is 0.184 e. The number of ether oxygens (including phenoxy) is 5. The van der Waals surface area contributed by atoms with Crippen LogP contribution < -0.4 is 0 Å². The first-order valence-electron chi connectivity index (χ1n) is 13.1. The van der Waals surface area contributed by atoms with Gasteiger partial charge >= 0.3 is 0 Å². The van der Waals surface area contributed by atoms with Crippen molar-refractivity contribution >= 4 is 0 Å². The zero-order valence-electron chi connectivity index (χ0n) is 20.6. The van der Waals surface area contributed by atoms with E-state index in [4.69, 9.17) is 23.7 Å². The Balaban J connectivity index is 1.58. The summed E-state index contributed by atoms with van der Waals surface area (Å²) in [7, 11) is 0. The Kier molecular flexibility index (Phi) is 9.96. The van der Waals surface area contributed by atoms with Gasteiger partial charge in [-0.1, -0.05) is 100 Å². The third-order valence-corrected chi connectivity index (χ3v) is 6.64. The maximum absolute atomic E-state index is 6.63. The van der Waals surface area contributed by atoms with Crippen LogP contribution in [0.5, 0.6) is 0 Å². The Bertz CT molecular complexity index is 814. The highest BCUT2D eigenvalue weighted by Crippen LogP contribution is 2.41. The molecule has 2 aromatic rings. The second-order valence-electron chi connectivity index (χ2n) is 9.27. The first-order chi connectivity index (χ1) is 16.8. The van der Waals surface area contributed by atoms with Gasteiger partial charge in [-0.2, -0.15) is 0 Å². The van der Waals surface area contributed by atoms with E-state index >= 15 is 0 Å². The number of hydrogen-bond donors (Lipinski definition) is 0. The molecule has 2 saturated heterocycles. The van der Waals surface area contributed by atoms with E-state index in [1.807, 2.05) is 36.4 Å². The van der Waals surface area contributed by atoms with E-state index in [0.29, 0.717) is 19.8 Å². The quantitative estimate of drug-likeness (QED) is 0.338. The molecule has 0 aromatic heterocycles. The summed E-state index contributed by atoms with van der Waals surface area (Å²) in [5.41, 5.74) is 2.12. The lowest BCUT2D eigenvalue weighted by Gasteiger charge is -2.49. The Morgan fingerprint density at radius 3 is 1.91 bits per heavy atom. The molecule has 0 aliphatic carbocycles. The average Bonchev–Trinajstić information content (AvgIpc) is 2.90. The zero-order chi connectivity index (χ0) is 23.6. The van der Waals surface area contributed by atoms with Crippen LogP contribution in [0.3, 0.4) is 0 Å². The van der Waals surface area contributed by atoms with Crippen LogP contribution in [-0.2, 0) is 23.7 Å². The van der Waals surface area contributed by atoms with Crippen LogP contribution in [0.25, 0.3) is 0 Å². The fourth-order valence-electron chi connectivity index (χ4n) is 4.79. The summed E-state index contributed by atoms with van der Waals surface area (Å²) in [6.07, 6.45) is 5.10. The molecule has 4 rings (SSSR count). The minimum absolute atomic E-state index is 0.211. The Hall–Kier alpha value is -1.76. The minimum atomic E-state index is -0.429. The third-order valence-electron chi connectivity index (χ3n) is 6.64. The SMILES string of the molecule is CCCCCO[C@@H]1[C@@H](OCCCCC)[C@H](c2ccccc2)O[C@@H]2CO[C@@H](c3ccccc3)O[C@@H]12. The van der Waals surface area contributed by atoms with Crippen LogP contribution in [0.15, 0.2) is 60.7 Å². The first kappa shape index (κ1) is 25.3. The van der Waals surface area contributed by atoms with Crippen molar-refractivity contribution in [2.45, 2.75) is 89.2 Å². The van der Waals surface area contributed by atoms with Gasteiger partial charge in [0, 0.05) is 18.8 Å². The molecular weight excluding hydrogens is 428 g/mol. The fourth-order valence-corrected chi connectivity index (χ4v) is 4.79. The van der Waals surface area contributed by atoms with E-state index in [2.05, 4.69) is 38.1 Å². The largest absolute Gasteiger partial charge is 0.373 e. The molecule has 2 heterocycles. The number of rotatable bonds is 12. The number of benzene rings is 2. The lowest BCUT2D eigenvalue weighted by atomic mass is 9.90. The third kappa shape index (κ3) is 6.46. The summed E-state index contributed by atoms with van der Waals surface area (Å²) in [6, 6.07) is 20.5. The highest BCUT2D eigenvalue weighted by molar-refractivity contribution is 5.21. The highest BCUT2D eigenvalue weighted by Gasteiger charge is 2.51. The molecule has 5 nitrogen and oxygen atoms in total. The topological polar surface area (TPSA) is 46.2 Å². The number of hydrogen-bond acceptors (Lipinski definition) is 5. The molecule has 6 atom stereocenters. The molecule has 2 aliphatic heterocycles. The van der Waals surface area contributed by atoms with E-state index in [1.165, 1.54) is 0 Å². The van der Waals surface area contributed by atoms with Gasteiger partial charge in [0.05, 0.1) is 6.61 Å². The van der Waals surface area contributed by atoms with Gasteiger partial charge in [-0.05, 0) is 18.4 Å². The smallest absolute Gasteiger partial charge is 0.184 e. The molecule has 2 fully saturated rings. The minimum Gasteiger partial charge on any atom is -0.373 e. The Labute approximate surface area is 204 Å².